The quantitative estimate of drug-likeness (QED) is 0.875. The second-order valence-electron chi connectivity index (χ2n) is 6.76. The lowest BCUT2D eigenvalue weighted by Crippen LogP contribution is -2.41. The van der Waals surface area contributed by atoms with Gasteiger partial charge in [-0.1, -0.05) is 0 Å². The molecule has 0 bridgehead atoms. The smallest absolute Gasteiger partial charge is 0.0795 e. The van der Waals surface area contributed by atoms with E-state index in [0.29, 0.717) is 12.2 Å². The standard InChI is InChI=1S/C15H27N3OS/c1-15(2,3)17-7-13-5-6-14(19-13)9-18(4)8-12-10-20-11-16-12/h10-11,13-14,17H,5-9H2,1-4H3. The zero-order valence-corrected chi connectivity index (χ0v) is 13.9. The summed E-state index contributed by atoms with van der Waals surface area (Å²) in [6.07, 6.45) is 3.06. The Morgan fingerprint density at radius 1 is 1.40 bits per heavy atom. The summed E-state index contributed by atoms with van der Waals surface area (Å²) in [5, 5.41) is 5.64. The lowest BCUT2D eigenvalue weighted by molar-refractivity contribution is 0.0239. The number of aromatic nitrogens is 1. The van der Waals surface area contributed by atoms with E-state index < -0.39 is 0 Å². The molecule has 114 valence electrons. The lowest BCUT2D eigenvalue weighted by Gasteiger charge is -2.24. The molecule has 1 saturated heterocycles. The highest BCUT2D eigenvalue weighted by molar-refractivity contribution is 7.07. The van der Waals surface area contributed by atoms with E-state index in [1.807, 2.05) is 5.51 Å². The van der Waals surface area contributed by atoms with Gasteiger partial charge in [0.25, 0.3) is 0 Å². The molecule has 2 rings (SSSR count). The van der Waals surface area contributed by atoms with Crippen LogP contribution < -0.4 is 5.32 Å². The topological polar surface area (TPSA) is 37.4 Å². The highest BCUT2D eigenvalue weighted by Crippen LogP contribution is 2.21. The number of hydrogen-bond donors (Lipinski definition) is 1. The van der Waals surface area contributed by atoms with Gasteiger partial charge >= 0.3 is 0 Å². The third kappa shape index (κ3) is 5.48. The van der Waals surface area contributed by atoms with Gasteiger partial charge in [-0.05, 0) is 40.7 Å². The van der Waals surface area contributed by atoms with Crippen LogP contribution in [0.4, 0.5) is 0 Å². The Bertz CT molecular complexity index is 388. The van der Waals surface area contributed by atoms with Crippen molar-refractivity contribution in [1.82, 2.24) is 15.2 Å². The Hall–Kier alpha value is -0.490. The van der Waals surface area contributed by atoms with Gasteiger partial charge in [0, 0.05) is 30.6 Å². The van der Waals surface area contributed by atoms with Gasteiger partial charge in [-0.3, -0.25) is 4.90 Å². The van der Waals surface area contributed by atoms with Crippen molar-refractivity contribution in [3.63, 3.8) is 0 Å². The molecule has 0 amide bonds. The minimum atomic E-state index is 0.170. The number of hydrogen-bond acceptors (Lipinski definition) is 5. The van der Waals surface area contributed by atoms with Crippen molar-refractivity contribution in [2.75, 3.05) is 20.1 Å². The van der Waals surface area contributed by atoms with E-state index in [1.54, 1.807) is 11.3 Å². The summed E-state index contributed by atoms with van der Waals surface area (Å²) in [6, 6.07) is 0. The number of nitrogens with one attached hydrogen (secondary N) is 1. The van der Waals surface area contributed by atoms with Crippen LogP contribution in [-0.4, -0.2) is 47.8 Å². The molecule has 2 heterocycles. The summed E-state index contributed by atoms with van der Waals surface area (Å²) in [4.78, 5) is 6.63. The second-order valence-corrected chi connectivity index (χ2v) is 7.48. The van der Waals surface area contributed by atoms with Gasteiger partial charge in [-0.2, -0.15) is 0 Å². The van der Waals surface area contributed by atoms with Crippen LogP contribution in [0.1, 0.15) is 39.3 Å². The summed E-state index contributed by atoms with van der Waals surface area (Å²) in [7, 11) is 2.14. The van der Waals surface area contributed by atoms with E-state index in [4.69, 9.17) is 4.74 Å². The molecule has 1 aliphatic heterocycles. The Morgan fingerprint density at radius 3 is 2.80 bits per heavy atom. The monoisotopic (exact) mass is 297 g/mol. The third-order valence-electron chi connectivity index (χ3n) is 3.49. The fourth-order valence-corrected chi connectivity index (χ4v) is 3.04. The van der Waals surface area contributed by atoms with E-state index in [9.17, 15) is 0 Å². The van der Waals surface area contributed by atoms with Crippen LogP contribution in [0.5, 0.6) is 0 Å². The SMILES string of the molecule is CN(Cc1cscn1)CC1CCC(CNC(C)(C)C)O1. The number of ether oxygens (including phenoxy) is 1. The van der Waals surface area contributed by atoms with Gasteiger partial charge < -0.3 is 10.1 Å². The summed E-state index contributed by atoms with van der Waals surface area (Å²) >= 11 is 1.66. The Labute approximate surface area is 126 Å². The van der Waals surface area contributed by atoms with Crippen molar-refractivity contribution in [3.8, 4) is 0 Å². The van der Waals surface area contributed by atoms with E-state index in [2.05, 4.69) is 48.4 Å². The summed E-state index contributed by atoms with van der Waals surface area (Å²) in [6.45, 7) is 9.44. The molecule has 20 heavy (non-hydrogen) atoms. The molecule has 1 aromatic rings. The first-order valence-corrected chi connectivity index (χ1v) is 8.33. The number of nitrogens with zero attached hydrogens (tertiary/aromatic N) is 2. The molecule has 0 radical (unpaired) electrons. The highest BCUT2D eigenvalue weighted by atomic mass is 32.1. The molecule has 2 atom stereocenters. The maximum Gasteiger partial charge on any atom is 0.0795 e. The molecule has 0 spiro atoms. The van der Waals surface area contributed by atoms with E-state index in [1.165, 1.54) is 0 Å². The minimum Gasteiger partial charge on any atom is -0.372 e. The molecule has 1 N–H and O–H groups in total. The van der Waals surface area contributed by atoms with Crippen molar-refractivity contribution in [1.29, 1.82) is 0 Å². The zero-order valence-electron chi connectivity index (χ0n) is 13.1. The first kappa shape index (κ1) is 15.9. The predicted octanol–water partition coefficient (Wildman–Crippen LogP) is 2.51. The molecule has 5 heteroatoms. The summed E-state index contributed by atoms with van der Waals surface area (Å²) < 4.78 is 6.12. The van der Waals surface area contributed by atoms with Crippen LogP contribution in [0, 0.1) is 0 Å². The Balaban J connectivity index is 1.67. The molecular formula is C15H27N3OS. The zero-order chi connectivity index (χ0) is 14.6. The summed E-state index contributed by atoms with van der Waals surface area (Å²) in [5.74, 6) is 0. The molecule has 1 aliphatic rings. The van der Waals surface area contributed by atoms with Gasteiger partial charge in [0.2, 0.25) is 0 Å². The molecule has 0 saturated carbocycles. The molecule has 1 aromatic heterocycles. The van der Waals surface area contributed by atoms with E-state index in [-0.39, 0.29) is 5.54 Å². The van der Waals surface area contributed by atoms with E-state index >= 15 is 0 Å². The van der Waals surface area contributed by atoms with E-state index in [0.717, 1.165) is 38.2 Å². The fourth-order valence-electron chi connectivity index (χ4n) is 2.49. The van der Waals surface area contributed by atoms with Crippen molar-refractivity contribution in [3.05, 3.63) is 16.6 Å². The largest absolute Gasteiger partial charge is 0.372 e. The molecular weight excluding hydrogens is 270 g/mol. The maximum atomic E-state index is 6.12. The predicted molar refractivity (Wildman–Crippen MR) is 84.1 cm³/mol. The molecule has 0 aliphatic carbocycles. The van der Waals surface area contributed by atoms with Gasteiger partial charge in [-0.15, -0.1) is 11.3 Å². The molecule has 2 unspecified atom stereocenters. The Morgan fingerprint density at radius 2 is 2.15 bits per heavy atom. The van der Waals surface area contributed by atoms with Gasteiger partial charge in [0.1, 0.15) is 0 Å². The maximum absolute atomic E-state index is 6.12. The number of thiazole rings is 1. The lowest BCUT2D eigenvalue weighted by atomic mass is 10.1. The average molecular weight is 297 g/mol. The summed E-state index contributed by atoms with van der Waals surface area (Å²) in [5.41, 5.74) is 3.22. The highest BCUT2D eigenvalue weighted by Gasteiger charge is 2.27. The third-order valence-corrected chi connectivity index (χ3v) is 4.12. The van der Waals surface area contributed by atoms with Gasteiger partial charge in [0.05, 0.1) is 23.4 Å². The second kappa shape index (κ2) is 6.98. The van der Waals surface area contributed by atoms with Crippen molar-refractivity contribution in [2.24, 2.45) is 0 Å². The van der Waals surface area contributed by atoms with Crippen LogP contribution in [0.2, 0.25) is 0 Å². The molecule has 4 nitrogen and oxygen atoms in total. The minimum absolute atomic E-state index is 0.170. The van der Waals surface area contributed by atoms with Gasteiger partial charge in [-0.25, -0.2) is 4.98 Å². The Kier molecular flexibility index (Phi) is 5.55. The molecule has 0 aromatic carbocycles. The van der Waals surface area contributed by atoms with Crippen molar-refractivity contribution < 1.29 is 4.74 Å². The number of rotatable bonds is 6. The first-order valence-electron chi connectivity index (χ1n) is 7.38. The van der Waals surface area contributed by atoms with Crippen LogP contribution in [0.3, 0.4) is 0 Å². The normalized spacial score (nSPS) is 23.6. The fraction of sp³-hybridized carbons (Fsp3) is 0.800. The number of likely N-dealkylation sites (N-methyl/N-ethyl adjacent to an activating group) is 1. The van der Waals surface area contributed by atoms with Crippen LogP contribution >= 0.6 is 11.3 Å². The van der Waals surface area contributed by atoms with Crippen LogP contribution in [-0.2, 0) is 11.3 Å². The average Bonchev–Trinajstić information content (AvgIpc) is 2.97. The van der Waals surface area contributed by atoms with Crippen molar-refractivity contribution in [2.45, 2.75) is 57.9 Å². The molecule has 1 fully saturated rings. The first-order chi connectivity index (χ1) is 9.42. The van der Waals surface area contributed by atoms with Crippen LogP contribution in [0.15, 0.2) is 10.9 Å². The van der Waals surface area contributed by atoms with Gasteiger partial charge in [0.15, 0.2) is 0 Å². The van der Waals surface area contributed by atoms with Crippen molar-refractivity contribution >= 4 is 11.3 Å². The van der Waals surface area contributed by atoms with Crippen LogP contribution in [0.25, 0.3) is 0 Å².